The molecule has 2 heterocycles. The molecule has 0 bridgehead atoms. The van der Waals surface area contributed by atoms with Crippen molar-refractivity contribution in [2.45, 2.75) is 37.6 Å². The molecule has 11 heteroatoms. The molecule has 0 saturated carbocycles. The van der Waals surface area contributed by atoms with Crippen molar-refractivity contribution in [1.29, 1.82) is 0 Å². The number of hydrogen-bond acceptors (Lipinski definition) is 6. The summed E-state index contributed by atoms with van der Waals surface area (Å²) in [5, 5.41) is 14.9. The second kappa shape index (κ2) is 14.5. The predicted octanol–water partition coefficient (Wildman–Crippen LogP) is 8.46. The van der Waals surface area contributed by atoms with Gasteiger partial charge in [-0.1, -0.05) is 18.2 Å². The number of rotatable bonds is 11. The number of aliphatic carboxylic acids is 1. The molecule has 1 aliphatic heterocycles. The summed E-state index contributed by atoms with van der Waals surface area (Å²) in [6, 6.07) is 21.5. The molecule has 1 saturated heterocycles. The molecule has 4 aromatic rings. The lowest BCUT2D eigenvalue weighted by molar-refractivity contribution is -0.138. The number of carbonyl (C=O) groups is 2. The van der Waals surface area contributed by atoms with Crippen LogP contribution in [-0.2, 0) is 16.7 Å². The molecule has 1 aliphatic rings. The van der Waals surface area contributed by atoms with Gasteiger partial charge in [-0.25, -0.2) is 0 Å². The maximum Gasteiger partial charge on any atom is 0.416 e. The molecule has 0 unspecified atom stereocenters. The van der Waals surface area contributed by atoms with Crippen LogP contribution in [0.15, 0.2) is 85.1 Å². The van der Waals surface area contributed by atoms with E-state index < -0.39 is 17.7 Å². The summed E-state index contributed by atoms with van der Waals surface area (Å²) in [5.74, 6) is -0.0887. The summed E-state index contributed by atoms with van der Waals surface area (Å²) in [4.78, 5) is 31.1. The summed E-state index contributed by atoms with van der Waals surface area (Å²) >= 11 is 1.49. The van der Waals surface area contributed by atoms with E-state index in [0.717, 1.165) is 49.3 Å². The third-order valence-electron chi connectivity index (χ3n) is 7.41. The minimum Gasteiger partial charge on any atom is -0.481 e. The Balaban J connectivity index is 1.41. The molecule has 1 amide bonds. The highest BCUT2D eigenvalue weighted by atomic mass is 32.2. The number of nitrogens with one attached hydrogen (secondary N) is 2. The van der Waals surface area contributed by atoms with Crippen LogP contribution in [-0.4, -0.2) is 40.8 Å². The zero-order chi connectivity index (χ0) is 31.8. The highest BCUT2D eigenvalue weighted by molar-refractivity contribution is 7.98. The van der Waals surface area contributed by atoms with E-state index in [1.165, 1.54) is 24.2 Å². The molecular weight excluding hydrogens is 601 g/mol. The molecule has 5 rings (SSSR count). The fraction of sp³-hybridized carbons (Fsp3) is 0.265. The maximum absolute atomic E-state index is 13.4. The Morgan fingerprint density at radius 1 is 0.911 bits per heavy atom. The molecule has 0 spiro atoms. The number of hydrogen-bond donors (Lipinski definition) is 3. The number of nitrogens with zero attached hydrogens (tertiary/aromatic N) is 2. The van der Waals surface area contributed by atoms with Crippen molar-refractivity contribution in [2.75, 3.05) is 34.4 Å². The molecule has 234 valence electrons. The summed E-state index contributed by atoms with van der Waals surface area (Å²) in [7, 11) is 0. The first kappa shape index (κ1) is 31.9. The van der Waals surface area contributed by atoms with Crippen LogP contribution in [0.3, 0.4) is 0 Å². The second-order valence-electron chi connectivity index (χ2n) is 10.8. The quantitative estimate of drug-likeness (QED) is 0.143. The lowest BCUT2D eigenvalue weighted by Crippen LogP contribution is -2.29. The fourth-order valence-electron chi connectivity index (χ4n) is 5.14. The number of aromatic nitrogens is 1. The third-order valence-corrected chi connectivity index (χ3v) is 8.44. The molecule has 3 aromatic carbocycles. The van der Waals surface area contributed by atoms with Crippen molar-refractivity contribution in [3.05, 3.63) is 102 Å². The molecule has 0 atom stereocenters. The normalized spacial score (nSPS) is 13.4. The highest BCUT2D eigenvalue weighted by Crippen LogP contribution is 2.35. The number of thioether (sulfide) groups is 1. The third kappa shape index (κ3) is 8.78. The predicted molar refractivity (Wildman–Crippen MR) is 173 cm³/mol. The average molecular weight is 635 g/mol. The molecule has 45 heavy (non-hydrogen) atoms. The summed E-state index contributed by atoms with van der Waals surface area (Å²) < 4.78 is 39.8. The van der Waals surface area contributed by atoms with E-state index in [9.17, 15) is 22.8 Å². The van der Waals surface area contributed by atoms with E-state index in [1.807, 2.05) is 24.3 Å². The minimum atomic E-state index is -4.46. The van der Waals surface area contributed by atoms with Gasteiger partial charge < -0.3 is 20.6 Å². The van der Waals surface area contributed by atoms with Gasteiger partial charge in [0, 0.05) is 59.0 Å². The maximum atomic E-state index is 13.4. The molecule has 3 N–H and O–H groups in total. The molecule has 0 radical (unpaired) electrons. The van der Waals surface area contributed by atoms with Crippen molar-refractivity contribution in [1.82, 2.24) is 4.98 Å². The van der Waals surface area contributed by atoms with Crippen molar-refractivity contribution in [3.63, 3.8) is 0 Å². The first-order valence-electron chi connectivity index (χ1n) is 14.7. The number of alkyl halides is 3. The van der Waals surface area contributed by atoms with Gasteiger partial charge in [0.2, 0.25) is 0 Å². The number of pyridine rings is 1. The van der Waals surface area contributed by atoms with Crippen LogP contribution in [0.2, 0.25) is 0 Å². The van der Waals surface area contributed by atoms with Crippen LogP contribution in [0.5, 0.6) is 0 Å². The number of carboxylic acids is 1. The van der Waals surface area contributed by atoms with E-state index in [2.05, 4.69) is 20.5 Å². The Morgan fingerprint density at radius 2 is 1.69 bits per heavy atom. The number of piperidine rings is 1. The largest absolute Gasteiger partial charge is 0.481 e. The lowest BCUT2D eigenvalue weighted by Gasteiger charge is -2.29. The lowest BCUT2D eigenvalue weighted by atomic mass is 10.0. The first-order valence-corrected chi connectivity index (χ1v) is 15.8. The van der Waals surface area contributed by atoms with Crippen molar-refractivity contribution >= 4 is 46.4 Å². The topological polar surface area (TPSA) is 94.6 Å². The number of benzene rings is 3. The van der Waals surface area contributed by atoms with E-state index in [-0.39, 0.29) is 12.3 Å². The molecule has 1 fully saturated rings. The Hall–Kier alpha value is -4.51. The van der Waals surface area contributed by atoms with Gasteiger partial charge in [-0.15, -0.1) is 0 Å². The summed E-state index contributed by atoms with van der Waals surface area (Å²) in [6.07, 6.45) is 0.559. The number of carbonyl (C=O) groups excluding carboxylic acids is 1. The monoisotopic (exact) mass is 634 g/mol. The SMILES string of the molecule is O=C(O)CCSCc1cccc(C(=O)Nc2ccc(N3CCCCC3)cc2-c2cc(Nc3cccc(C(F)(F)F)c3)ccn2)c1. The van der Waals surface area contributed by atoms with Gasteiger partial charge in [-0.3, -0.25) is 14.6 Å². The molecule has 7 nitrogen and oxygen atoms in total. The van der Waals surface area contributed by atoms with E-state index in [0.29, 0.717) is 45.4 Å². The van der Waals surface area contributed by atoms with Crippen molar-refractivity contribution < 1.29 is 27.9 Å². The van der Waals surface area contributed by atoms with Gasteiger partial charge in [0.15, 0.2) is 0 Å². The summed E-state index contributed by atoms with van der Waals surface area (Å²) in [6.45, 7) is 1.85. The van der Waals surface area contributed by atoms with Crippen LogP contribution in [0.1, 0.15) is 47.2 Å². The van der Waals surface area contributed by atoms with Gasteiger partial charge in [-0.05, 0) is 85.5 Å². The van der Waals surface area contributed by atoms with E-state index in [1.54, 1.807) is 42.6 Å². The van der Waals surface area contributed by atoms with Crippen LogP contribution in [0.4, 0.5) is 35.9 Å². The number of carboxylic acid groups (broad SMARTS) is 1. The van der Waals surface area contributed by atoms with Gasteiger partial charge in [0.05, 0.1) is 23.4 Å². The van der Waals surface area contributed by atoms with E-state index >= 15 is 0 Å². The Labute approximate surface area is 263 Å². The Kier molecular flexibility index (Phi) is 10.3. The zero-order valence-corrected chi connectivity index (χ0v) is 25.3. The van der Waals surface area contributed by atoms with Crippen LogP contribution in [0.25, 0.3) is 11.3 Å². The minimum absolute atomic E-state index is 0.0751. The van der Waals surface area contributed by atoms with Gasteiger partial charge >= 0.3 is 12.1 Å². The smallest absolute Gasteiger partial charge is 0.416 e. The number of halogens is 3. The first-order chi connectivity index (χ1) is 21.7. The number of anilines is 4. The molecule has 0 aliphatic carbocycles. The van der Waals surface area contributed by atoms with Crippen LogP contribution < -0.4 is 15.5 Å². The summed E-state index contributed by atoms with van der Waals surface area (Å²) in [5.41, 5.74) is 4.24. The molecular formula is C34H33F3N4O3S. The Morgan fingerprint density at radius 3 is 2.47 bits per heavy atom. The highest BCUT2D eigenvalue weighted by Gasteiger charge is 2.30. The number of amides is 1. The Bertz CT molecular complexity index is 1660. The average Bonchev–Trinajstić information content (AvgIpc) is 3.03. The standard InChI is InChI=1S/C34H33F3N4O3S/c35-34(36,37)25-8-5-9-26(19-25)39-27-12-14-38-31(20-27)29-21-28(41-15-2-1-3-16-41)10-11-30(29)40-33(44)24-7-4-6-23(18-24)22-45-17-13-32(42)43/h4-12,14,18-21H,1-3,13,15-17,22H2,(H,38,39)(H,40,44)(H,42,43). The van der Waals surface area contributed by atoms with Crippen LogP contribution in [0, 0.1) is 0 Å². The van der Waals surface area contributed by atoms with Crippen molar-refractivity contribution in [3.8, 4) is 11.3 Å². The van der Waals surface area contributed by atoms with Gasteiger partial charge in [0.25, 0.3) is 5.91 Å². The van der Waals surface area contributed by atoms with Gasteiger partial charge in [-0.2, -0.15) is 24.9 Å². The molecule has 1 aromatic heterocycles. The second-order valence-corrected chi connectivity index (χ2v) is 11.9. The fourth-order valence-corrected chi connectivity index (χ4v) is 6.02. The van der Waals surface area contributed by atoms with E-state index in [4.69, 9.17) is 5.11 Å². The zero-order valence-electron chi connectivity index (χ0n) is 24.4. The van der Waals surface area contributed by atoms with Gasteiger partial charge in [0.1, 0.15) is 0 Å². The van der Waals surface area contributed by atoms with Crippen molar-refractivity contribution in [2.24, 2.45) is 0 Å². The van der Waals surface area contributed by atoms with Crippen LogP contribution >= 0.6 is 11.8 Å².